The van der Waals surface area contributed by atoms with Crippen LogP contribution >= 0.6 is 8.46 Å². The van der Waals surface area contributed by atoms with E-state index < -0.39 is 41.3 Å². The van der Waals surface area contributed by atoms with Gasteiger partial charge in [-0.2, -0.15) is 0 Å². The van der Waals surface area contributed by atoms with Crippen molar-refractivity contribution in [3.63, 3.8) is 0 Å². The minimum atomic E-state index is -1.11. The molecule has 37 heavy (non-hydrogen) atoms. The summed E-state index contributed by atoms with van der Waals surface area (Å²) in [5.41, 5.74) is -0.776. The van der Waals surface area contributed by atoms with Gasteiger partial charge in [0, 0.05) is 25.8 Å². The maximum absolute atomic E-state index is 12.7. The van der Waals surface area contributed by atoms with Gasteiger partial charge in [-0.1, -0.05) is 33.3 Å². The molecule has 0 aromatic carbocycles. The third-order valence-electron chi connectivity index (χ3n) is 7.50. The number of hydrogen-bond acceptors (Lipinski definition) is 8. The topological polar surface area (TPSA) is 83.5 Å². The van der Waals surface area contributed by atoms with E-state index in [0.717, 1.165) is 12.8 Å². The first kappa shape index (κ1) is 31.9. The zero-order valence-corrected chi connectivity index (χ0v) is 25.3. The molecule has 1 saturated heterocycles. The largest absolute Gasteiger partial charge is 0.456 e. The molecule has 1 fully saturated rings. The Bertz CT molecular complexity index is 844. The molecule has 2 heterocycles. The van der Waals surface area contributed by atoms with Crippen LogP contribution in [0.1, 0.15) is 74.7 Å². The highest BCUT2D eigenvalue weighted by Crippen LogP contribution is 2.42. The highest BCUT2D eigenvalue weighted by Gasteiger charge is 2.49. The van der Waals surface area contributed by atoms with Crippen molar-refractivity contribution in [1.29, 1.82) is 0 Å². The standard InChI is InChI=1S/C28H48NO7P/c1-12-14-32-28(9,16-17(3)13-2)24(19(5)22-20(6)25(30)36-27(7,8)35-22)34-26-23(37-31)21(29(10)11)15-18(4)33-26/h12,17-19,21,23-24,26H,1,13-16H2,2-11H3/t17-,18?,19-,21?,23+,24+,26-,28+/m0/s1. The fourth-order valence-corrected chi connectivity index (χ4v) is 6.16. The molecule has 9 heteroatoms. The third-order valence-corrected chi connectivity index (χ3v) is 8.33. The zero-order chi connectivity index (χ0) is 28.1. The maximum atomic E-state index is 12.7. The van der Waals surface area contributed by atoms with Crippen LogP contribution in [-0.2, 0) is 33.0 Å². The average Bonchev–Trinajstić information content (AvgIpc) is 2.82. The lowest BCUT2D eigenvalue weighted by molar-refractivity contribution is -0.268. The minimum Gasteiger partial charge on any atom is -0.456 e. The van der Waals surface area contributed by atoms with Gasteiger partial charge in [-0.15, -0.1) is 6.58 Å². The smallest absolute Gasteiger partial charge is 0.340 e. The summed E-state index contributed by atoms with van der Waals surface area (Å²) in [6, 6.07) is 0.0135. The van der Waals surface area contributed by atoms with Crippen LogP contribution in [0, 0.1) is 11.8 Å². The lowest BCUT2D eigenvalue weighted by Gasteiger charge is -2.48. The number of esters is 1. The van der Waals surface area contributed by atoms with Crippen molar-refractivity contribution in [1.82, 2.24) is 4.90 Å². The number of cyclic esters (lactones) is 1. The first-order valence-electron chi connectivity index (χ1n) is 13.4. The molecule has 0 amide bonds. The third kappa shape index (κ3) is 7.86. The van der Waals surface area contributed by atoms with E-state index in [-0.39, 0.29) is 20.6 Å². The summed E-state index contributed by atoms with van der Waals surface area (Å²) in [4.78, 5) is 14.8. The van der Waals surface area contributed by atoms with Crippen LogP contribution in [0.5, 0.6) is 0 Å². The molecular weight excluding hydrogens is 493 g/mol. The Morgan fingerprint density at radius 3 is 2.49 bits per heavy atom. The SMILES string of the molecule is C=CCO[C@](C)(C[C@@H](C)CC)[C@H](O[C@@H]1OC(C)CC(N(C)C)[C@H]1P=O)[C@@H](C)C1=C(C)C(=O)OC(C)(C)O1. The Labute approximate surface area is 225 Å². The summed E-state index contributed by atoms with van der Waals surface area (Å²) >= 11 is 0. The Morgan fingerprint density at radius 1 is 1.30 bits per heavy atom. The number of carbonyl (C=O) groups is 1. The van der Waals surface area contributed by atoms with Gasteiger partial charge in [0.05, 0.1) is 30.0 Å². The summed E-state index contributed by atoms with van der Waals surface area (Å²) in [7, 11) is 3.92. The Kier molecular flexibility index (Phi) is 11.4. The first-order valence-corrected chi connectivity index (χ1v) is 14.3. The highest BCUT2D eigenvalue weighted by atomic mass is 31.1. The van der Waals surface area contributed by atoms with E-state index in [9.17, 15) is 9.36 Å². The van der Waals surface area contributed by atoms with Crippen molar-refractivity contribution in [2.75, 3.05) is 20.7 Å². The molecule has 0 aromatic heterocycles. The maximum Gasteiger partial charge on any atom is 0.340 e. The fourth-order valence-electron chi connectivity index (χ4n) is 5.39. The molecule has 0 N–H and O–H groups in total. The molecule has 0 spiro atoms. The second-order valence-corrected chi connectivity index (χ2v) is 12.3. The van der Waals surface area contributed by atoms with Crippen molar-refractivity contribution < 1.29 is 33.0 Å². The molecule has 0 aliphatic carbocycles. The summed E-state index contributed by atoms with van der Waals surface area (Å²) in [5, 5.41) is 0. The van der Waals surface area contributed by atoms with E-state index in [2.05, 4.69) is 25.3 Å². The van der Waals surface area contributed by atoms with Crippen molar-refractivity contribution >= 4 is 14.4 Å². The molecule has 0 radical (unpaired) electrons. The van der Waals surface area contributed by atoms with Gasteiger partial charge in [0.15, 0.2) is 14.8 Å². The normalized spacial score (nSPS) is 30.3. The predicted molar refractivity (Wildman–Crippen MR) is 144 cm³/mol. The molecule has 2 aliphatic heterocycles. The zero-order valence-electron chi connectivity index (χ0n) is 24.4. The van der Waals surface area contributed by atoms with Crippen LogP contribution < -0.4 is 0 Å². The quantitative estimate of drug-likeness (QED) is 0.166. The van der Waals surface area contributed by atoms with Gasteiger partial charge in [-0.25, -0.2) is 4.79 Å². The van der Waals surface area contributed by atoms with Gasteiger partial charge in [-0.3, -0.25) is 4.57 Å². The number of ether oxygens (including phenoxy) is 5. The van der Waals surface area contributed by atoms with Crippen molar-refractivity contribution in [2.45, 2.75) is 116 Å². The van der Waals surface area contributed by atoms with Gasteiger partial charge >= 0.3 is 5.97 Å². The Morgan fingerprint density at radius 2 is 1.95 bits per heavy atom. The van der Waals surface area contributed by atoms with Crippen molar-refractivity contribution in [3.8, 4) is 0 Å². The van der Waals surface area contributed by atoms with Crippen LogP contribution in [0.15, 0.2) is 24.0 Å². The van der Waals surface area contributed by atoms with Crippen LogP contribution in [0.4, 0.5) is 0 Å². The summed E-state index contributed by atoms with van der Waals surface area (Å²) in [5.74, 6) is -1.08. The molecule has 8 nitrogen and oxygen atoms in total. The van der Waals surface area contributed by atoms with Gasteiger partial charge < -0.3 is 28.6 Å². The summed E-state index contributed by atoms with van der Waals surface area (Å²) in [6.45, 7) is 19.7. The lowest BCUT2D eigenvalue weighted by Crippen LogP contribution is -2.57. The number of carbonyl (C=O) groups excluding carboxylic acids is 1. The fraction of sp³-hybridized carbons (Fsp3) is 0.821. The van der Waals surface area contributed by atoms with E-state index in [0.29, 0.717) is 30.3 Å². The molecular formula is C28H48NO7P. The molecule has 2 rings (SSSR count). The molecule has 212 valence electrons. The van der Waals surface area contributed by atoms with Crippen LogP contribution in [0.2, 0.25) is 0 Å². The molecule has 0 saturated carbocycles. The second-order valence-electron chi connectivity index (χ2n) is 11.5. The number of rotatable bonds is 13. The van der Waals surface area contributed by atoms with Gasteiger partial charge in [0.1, 0.15) is 11.4 Å². The average molecular weight is 542 g/mol. The van der Waals surface area contributed by atoms with E-state index in [1.807, 2.05) is 34.9 Å². The monoisotopic (exact) mass is 541 g/mol. The van der Waals surface area contributed by atoms with E-state index in [1.165, 1.54) is 0 Å². The summed E-state index contributed by atoms with van der Waals surface area (Å²) < 4.78 is 43.7. The van der Waals surface area contributed by atoms with Crippen molar-refractivity contribution in [3.05, 3.63) is 24.0 Å². The Hall–Kier alpha value is -1.31. The number of hydrogen-bond donors (Lipinski definition) is 0. The van der Waals surface area contributed by atoms with E-state index in [4.69, 9.17) is 23.7 Å². The van der Waals surface area contributed by atoms with Crippen molar-refractivity contribution in [2.24, 2.45) is 11.8 Å². The molecule has 8 atom stereocenters. The first-order chi connectivity index (χ1) is 17.2. The van der Waals surface area contributed by atoms with Crippen LogP contribution in [0.3, 0.4) is 0 Å². The number of nitrogens with zero attached hydrogens (tertiary/aromatic N) is 1. The Balaban J connectivity index is 2.60. The van der Waals surface area contributed by atoms with E-state index in [1.54, 1.807) is 26.8 Å². The molecule has 0 aromatic rings. The van der Waals surface area contributed by atoms with Crippen LogP contribution in [-0.4, -0.2) is 73.2 Å². The summed E-state index contributed by atoms with van der Waals surface area (Å²) in [6.07, 6.45) is 2.73. The lowest BCUT2D eigenvalue weighted by atomic mass is 9.80. The van der Waals surface area contributed by atoms with Crippen LogP contribution in [0.25, 0.3) is 0 Å². The minimum absolute atomic E-state index is 0.0135. The predicted octanol–water partition coefficient (Wildman–Crippen LogP) is 5.71. The van der Waals surface area contributed by atoms with Gasteiger partial charge in [-0.05, 0) is 53.6 Å². The second kappa shape index (κ2) is 13.2. The molecule has 0 bridgehead atoms. The highest BCUT2D eigenvalue weighted by molar-refractivity contribution is 7.24. The van der Waals surface area contributed by atoms with Gasteiger partial charge in [0.2, 0.25) is 5.79 Å². The molecule has 2 unspecified atom stereocenters. The molecule has 2 aliphatic rings. The van der Waals surface area contributed by atoms with Gasteiger partial charge in [0.25, 0.3) is 0 Å². The van der Waals surface area contributed by atoms with E-state index >= 15 is 0 Å².